The molecule has 1 unspecified atom stereocenters. The van der Waals surface area contributed by atoms with E-state index < -0.39 is 11.4 Å². The summed E-state index contributed by atoms with van der Waals surface area (Å²) >= 11 is 0. The Balaban J connectivity index is 1.77. The lowest BCUT2D eigenvalue weighted by molar-refractivity contribution is -0.118. The van der Waals surface area contributed by atoms with Crippen LogP contribution in [-0.4, -0.2) is 17.1 Å². The first kappa shape index (κ1) is 19.1. The zero-order valence-corrected chi connectivity index (χ0v) is 15.5. The molecule has 0 radical (unpaired) electrons. The predicted molar refractivity (Wildman–Crippen MR) is 104 cm³/mol. The van der Waals surface area contributed by atoms with Gasteiger partial charge in [0.25, 0.3) is 0 Å². The van der Waals surface area contributed by atoms with Crippen LogP contribution in [-0.2, 0) is 10.4 Å². The Labute approximate surface area is 159 Å². The van der Waals surface area contributed by atoms with Crippen molar-refractivity contribution in [2.24, 2.45) is 0 Å². The number of nitrogens with one attached hydrogen (secondary N) is 1. The van der Waals surface area contributed by atoms with Gasteiger partial charge in [-0.3, -0.25) is 4.79 Å². The monoisotopic (exact) mass is 365 g/mol. The Morgan fingerprint density at radius 2 is 2.15 bits per heavy atom. The fraction of sp³-hybridized carbons (Fsp3) is 0.348. The van der Waals surface area contributed by atoms with Crippen LogP contribution < -0.4 is 5.32 Å². The molecule has 0 heterocycles. The van der Waals surface area contributed by atoms with Gasteiger partial charge in [-0.05, 0) is 62.8 Å². The van der Waals surface area contributed by atoms with Crippen molar-refractivity contribution in [2.45, 2.75) is 50.7 Å². The number of hydrogen-bond donors (Lipinski definition) is 2. The summed E-state index contributed by atoms with van der Waals surface area (Å²) in [6.45, 7) is 1.54. The summed E-state index contributed by atoms with van der Waals surface area (Å²) in [7, 11) is 0. The maximum absolute atomic E-state index is 13.4. The molecule has 3 nitrogen and oxygen atoms in total. The molecule has 1 aromatic rings. The fourth-order valence-electron chi connectivity index (χ4n) is 2.94. The number of halogens is 1. The normalized spacial score (nSPS) is 19.2. The van der Waals surface area contributed by atoms with Crippen molar-refractivity contribution in [3.8, 4) is 11.8 Å². The van der Waals surface area contributed by atoms with Crippen LogP contribution in [0.5, 0.6) is 0 Å². The molecular weight excluding hydrogens is 341 g/mol. The molecule has 0 spiro atoms. The lowest BCUT2D eigenvalue weighted by atomic mass is 9.92. The van der Waals surface area contributed by atoms with Crippen molar-refractivity contribution in [3.63, 3.8) is 0 Å². The number of aliphatic hydroxyl groups is 1. The minimum atomic E-state index is -1.46. The third-order valence-corrected chi connectivity index (χ3v) is 4.91. The van der Waals surface area contributed by atoms with Crippen molar-refractivity contribution in [1.82, 2.24) is 5.32 Å². The molecule has 3 rings (SSSR count). The van der Waals surface area contributed by atoms with E-state index in [1.807, 2.05) is 12.2 Å². The minimum absolute atomic E-state index is 0.00897. The number of carbonyl (C=O) groups excluding carboxylic acids is 1. The van der Waals surface area contributed by atoms with Crippen LogP contribution in [0.15, 0.2) is 59.7 Å². The molecule has 140 valence electrons. The van der Waals surface area contributed by atoms with Crippen LogP contribution in [0.2, 0.25) is 0 Å². The van der Waals surface area contributed by atoms with Crippen molar-refractivity contribution in [2.75, 3.05) is 0 Å². The Bertz CT molecular complexity index is 864. The molecule has 2 aliphatic carbocycles. The summed E-state index contributed by atoms with van der Waals surface area (Å²) in [6.07, 6.45) is 12.2. The zero-order chi connectivity index (χ0) is 19.3. The van der Waals surface area contributed by atoms with Crippen LogP contribution in [0.1, 0.15) is 44.6 Å². The molecule has 0 aromatic heterocycles. The second-order valence-electron chi connectivity index (χ2n) is 7.19. The van der Waals surface area contributed by atoms with E-state index in [0.29, 0.717) is 23.6 Å². The van der Waals surface area contributed by atoms with Gasteiger partial charge in [0.05, 0.1) is 0 Å². The van der Waals surface area contributed by atoms with E-state index in [-0.39, 0.29) is 5.91 Å². The van der Waals surface area contributed by atoms with Gasteiger partial charge in [-0.15, -0.1) is 0 Å². The summed E-state index contributed by atoms with van der Waals surface area (Å²) in [5.41, 5.74) is 0.372. The summed E-state index contributed by atoms with van der Waals surface area (Å²) < 4.78 is 13.4. The van der Waals surface area contributed by atoms with Gasteiger partial charge in [0.1, 0.15) is 11.4 Å². The van der Waals surface area contributed by atoms with Crippen LogP contribution >= 0.6 is 0 Å². The van der Waals surface area contributed by atoms with Gasteiger partial charge in [0, 0.05) is 17.2 Å². The second kappa shape index (κ2) is 8.37. The Kier molecular flexibility index (Phi) is 5.93. The van der Waals surface area contributed by atoms with E-state index in [9.17, 15) is 14.3 Å². The van der Waals surface area contributed by atoms with Gasteiger partial charge in [0.15, 0.2) is 0 Å². The number of rotatable bonds is 3. The standard InChI is InChI=1S/C23H24FNO2/c1-23(27,19-8-4-9-20(24)16-19)15-14-17-6-2-3-7-18(13-12-17)22(26)25-21-10-5-11-21/h2,4,6,8-9,12-13,16,21,27H,3,5,7,10-11H2,1H3,(H,25,26). The first-order valence-corrected chi connectivity index (χ1v) is 9.34. The van der Waals surface area contributed by atoms with Crippen LogP contribution in [0, 0.1) is 17.7 Å². The largest absolute Gasteiger partial charge is 0.374 e. The molecule has 4 heteroatoms. The van der Waals surface area contributed by atoms with Gasteiger partial charge >= 0.3 is 0 Å². The van der Waals surface area contributed by atoms with Gasteiger partial charge in [0.2, 0.25) is 5.91 Å². The molecule has 1 aromatic carbocycles. The molecule has 0 saturated heterocycles. The van der Waals surface area contributed by atoms with Crippen molar-refractivity contribution >= 4 is 5.91 Å². The smallest absolute Gasteiger partial charge is 0.247 e. The van der Waals surface area contributed by atoms with E-state index >= 15 is 0 Å². The van der Waals surface area contributed by atoms with E-state index in [1.165, 1.54) is 25.5 Å². The summed E-state index contributed by atoms with van der Waals surface area (Å²) in [4.78, 5) is 12.4. The number of allylic oxidation sites excluding steroid dienone is 5. The zero-order valence-electron chi connectivity index (χ0n) is 15.5. The molecule has 0 aliphatic heterocycles. The Morgan fingerprint density at radius 1 is 1.33 bits per heavy atom. The lowest BCUT2D eigenvalue weighted by Crippen LogP contribution is -2.40. The SMILES string of the molecule is CC(O)(C#CC1=CC=C(C(=O)NC2CCC2)CCC=C1)c1cccc(F)c1. The fourth-order valence-corrected chi connectivity index (χ4v) is 2.94. The maximum atomic E-state index is 13.4. The maximum Gasteiger partial charge on any atom is 0.247 e. The molecule has 1 atom stereocenters. The quantitative estimate of drug-likeness (QED) is 0.798. The van der Waals surface area contributed by atoms with E-state index in [1.54, 1.807) is 24.3 Å². The molecule has 1 saturated carbocycles. The van der Waals surface area contributed by atoms with E-state index in [2.05, 4.69) is 17.2 Å². The Morgan fingerprint density at radius 3 is 2.85 bits per heavy atom. The van der Waals surface area contributed by atoms with Crippen LogP contribution in [0.3, 0.4) is 0 Å². The molecule has 2 N–H and O–H groups in total. The highest BCUT2D eigenvalue weighted by Crippen LogP contribution is 2.22. The molecule has 1 amide bonds. The predicted octanol–water partition coefficient (Wildman–Crippen LogP) is 3.91. The average Bonchev–Trinajstić information content (AvgIpc) is 2.57. The van der Waals surface area contributed by atoms with Crippen molar-refractivity contribution in [1.29, 1.82) is 0 Å². The highest BCUT2D eigenvalue weighted by Gasteiger charge is 2.21. The third-order valence-electron chi connectivity index (χ3n) is 4.91. The van der Waals surface area contributed by atoms with Crippen molar-refractivity contribution in [3.05, 3.63) is 71.1 Å². The topological polar surface area (TPSA) is 49.3 Å². The highest BCUT2D eigenvalue weighted by atomic mass is 19.1. The van der Waals surface area contributed by atoms with Gasteiger partial charge in [-0.1, -0.05) is 42.2 Å². The minimum Gasteiger partial charge on any atom is -0.374 e. The molecule has 0 bridgehead atoms. The number of hydrogen-bond acceptors (Lipinski definition) is 2. The Hall–Kier alpha value is -2.64. The van der Waals surface area contributed by atoms with Crippen LogP contribution in [0.4, 0.5) is 4.39 Å². The van der Waals surface area contributed by atoms with Gasteiger partial charge in [-0.25, -0.2) is 4.39 Å². The second-order valence-corrected chi connectivity index (χ2v) is 7.19. The summed E-state index contributed by atoms with van der Waals surface area (Å²) in [6, 6.07) is 6.10. The molecule has 27 heavy (non-hydrogen) atoms. The van der Waals surface area contributed by atoms with Gasteiger partial charge < -0.3 is 10.4 Å². The van der Waals surface area contributed by atoms with Gasteiger partial charge in [-0.2, -0.15) is 0 Å². The van der Waals surface area contributed by atoms with Crippen molar-refractivity contribution < 1.29 is 14.3 Å². The average molecular weight is 365 g/mol. The number of amides is 1. The molecule has 1 fully saturated rings. The number of carbonyl (C=O) groups is 1. The van der Waals surface area contributed by atoms with E-state index in [4.69, 9.17) is 0 Å². The van der Waals surface area contributed by atoms with Crippen LogP contribution in [0.25, 0.3) is 0 Å². The summed E-state index contributed by atoms with van der Waals surface area (Å²) in [5, 5.41) is 13.6. The van der Waals surface area contributed by atoms with E-state index in [0.717, 1.165) is 24.8 Å². The molecule has 2 aliphatic rings. The number of benzene rings is 1. The summed E-state index contributed by atoms with van der Waals surface area (Å²) in [5.74, 6) is 5.33. The lowest BCUT2D eigenvalue weighted by Gasteiger charge is -2.26. The first-order chi connectivity index (χ1) is 12.9. The third kappa shape index (κ3) is 5.18. The molecular formula is C23H24FNO2. The first-order valence-electron chi connectivity index (χ1n) is 9.34. The highest BCUT2D eigenvalue weighted by molar-refractivity contribution is 5.94.